The Morgan fingerprint density at radius 1 is 0.410 bits per heavy atom. The van der Waals surface area contributed by atoms with Crippen LogP contribution in [0.3, 0.4) is 0 Å². The molecule has 0 saturated heterocycles. The van der Waals surface area contributed by atoms with E-state index in [9.17, 15) is 19.0 Å². The first kappa shape index (κ1) is 74.7. The average molecular weight is 1110 g/mol. The molecule has 9 nitrogen and oxygen atoms in total. The summed E-state index contributed by atoms with van der Waals surface area (Å²) >= 11 is 0. The van der Waals surface area contributed by atoms with Gasteiger partial charge in [-0.05, 0) is 83.5 Å². The van der Waals surface area contributed by atoms with Crippen molar-refractivity contribution in [2.24, 2.45) is 0 Å². The standard InChI is InChI=1S/C68H118NO8P/c1-6-8-10-12-14-16-18-20-22-24-25-26-27-28-29-30-31-32-33-34-35-36-37-38-39-40-41-42-43-45-47-49-51-53-55-57-59-61-68(71)77-66(65-76-78(72,73)75-63-62-69(3,4)5)64-74-67(70)60-58-56-54-52-50-48-46-44-23-21-19-17-15-13-11-9-7-2/h8,10,14,16,20,22,25-26,28-29,31-32,34-35,37-38,40-41,66H,6-7,9,11-13,15,17-19,21,23-24,27,30,33,36,39,42-65H2,1-5H3/b10-8-,16-14-,22-20-,26-25-,29-28-,32-31-,35-34-,38-37-,41-40-. The molecule has 0 aromatic heterocycles. The molecule has 0 aliphatic heterocycles. The van der Waals surface area contributed by atoms with Gasteiger partial charge in [-0.15, -0.1) is 0 Å². The van der Waals surface area contributed by atoms with E-state index in [-0.39, 0.29) is 32.0 Å². The second kappa shape index (κ2) is 58.3. The highest BCUT2D eigenvalue weighted by atomic mass is 31.2. The molecule has 2 unspecified atom stereocenters. The van der Waals surface area contributed by atoms with Crippen molar-refractivity contribution >= 4 is 19.8 Å². The fourth-order valence-corrected chi connectivity index (χ4v) is 9.20. The highest BCUT2D eigenvalue weighted by molar-refractivity contribution is 7.45. The lowest BCUT2D eigenvalue weighted by molar-refractivity contribution is -0.870. The molecule has 0 fully saturated rings. The third-order valence-corrected chi connectivity index (χ3v) is 14.3. The Balaban J connectivity index is 4.12. The molecule has 448 valence electrons. The molecule has 0 bridgehead atoms. The van der Waals surface area contributed by atoms with Crippen molar-refractivity contribution in [1.82, 2.24) is 0 Å². The number of quaternary nitrogens is 1. The van der Waals surface area contributed by atoms with Gasteiger partial charge in [0.1, 0.15) is 19.8 Å². The van der Waals surface area contributed by atoms with E-state index >= 15 is 0 Å². The number of rotatable bonds is 57. The number of unbranched alkanes of at least 4 members (excludes halogenated alkanes) is 25. The zero-order valence-electron chi connectivity index (χ0n) is 50.8. The van der Waals surface area contributed by atoms with Crippen molar-refractivity contribution in [2.45, 2.75) is 264 Å². The Labute approximate surface area is 480 Å². The topological polar surface area (TPSA) is 111 Å². The van der Waals surface area contributed by atoms with Crippen LogP contribution in [0.1, 0.15) is 258 Å². The van der Waals surface area contributed by atoms with E-state index in [4.69, 9.17) is 18.5 Å². The van der Waals surface area contributed by atoms with Gasteiger partial charge in [0.15, 0.2) is 6.10 Å². The first-order valence-electron chi connectivity index (χ1n) is 31.6. The molecule has 0 aliphatic carbocycles. The van der Waals surface area contributed by atoms with Gasteiger partial charge in [-0.3, -0.25) is 14.2 Å². The molecule has 2 atom stereocenters. The van der Waals surface area contributed by atoms with Crippen LogP contribution in [0.5, 0.6) is 0 Å². The first-order valence-corrected chi connectivity index (χ1v) is 33.1. The molecule has 0 aromatic rings. The van der Waals surface area contributed by atoms with Gasteiger partial charge in [0, 0.05) is 12.8 Å². The lowest BCUT2D eigenvalue weighted by Gasteiger charge is -2.28. The number of esters is 2. The monoisotopic (exact) mass is 1110 g/mol. The highest BCUT2D eigenvalue weighted by Crippen LogP contribution is 2.38. The fourth-order valence-electron chi connectivity index (χ4n) is 8.47. The van der Waals surface area contributed by atoms with Crippen LogP contribution in [0.25, 0.3) is 0 Å². The number of nitrogens with zero attached hydrogens (tertiary/aromatic N) is 1. The van der Waals surface area contributed by atoms with Gasteiger partial charge in [-0.2, -0.15) is 0 Å². The van der Waals surface area contributed by atoms with Crippen LogP contribution in [0.15, 0.2) is 109 Å². The number of phosphoric acid groups is 1. The number of hydrogen-bond acceptors (Lipinski definition) is 8. The molecule has 0 amide bonds. The second-order valence-electron chi connectivity index (χ2n) is 22.0. The number of carbonyl (C=O) groups is 2. The SMILES string of the molecule is CC/C=C\C/C=C\C/C=C\C/C=C\C/C=C\C/C=C\C/C=C\C/C=C\C/C=C\CCCCCCCCCCCC(=O)OC(COC(=O)CCCCCCCCCCCCCCCCCCC)COP(=O)([O-])OCC[N+](C)(C)C. The summed E-state index contributed by atoms with van der Waals surface area (Å²) in [5.74, 6) is -0.837. The minimum atomic E-state index is -4.64. The van der Waals surface area contributed by atoms with Crippen LogP contribution >= 0.6 is 7.82 Å². The zero-order valence-corrected chi connectivity index (χ0v) is 51.7. The first-order chi connectivity index (χ1) is 38.0. The van der Waals surface area contributed by atoms with Gasteiger partial charge in [-0.1, -0.05) is 271 Å². The van der Waals surface area contributed by atoms with Crippen molar-refractivity contribution in [3.05, 3.63) is 109 Å². The van der Waals surface area contributed by atoms with Crippen molar-refractivity contribution in [2.75, 3.05) is 47.5 Å². The fraction of sp³-hybridized carbons (Fsp3) is 0.706. The van der Waals surface area contributed by atoms with Gasteiger partial charge in [0.05, 0.1) is 27.7 Å². The number of ether oxygens (including phenoxy) is 2. The number of allylic oxidation sites excluding steroid dienone is 18. The Morgan fingerprint density at radius 3 is 1.09 bits per heavy atom. The molecule has 10 heteroatoms. The summed E-state index contributed by atoms with van der Waals surface area (Å²) in [6.07, 6.45) is 81.4. The second-order valence-corrected chi connectivity index (χ2v) is 23.5. The van der Waals surface area contributed by atoms with Gasteiger partial charge in [0.25, 0.3) is 7.82 Å². The summed E-state index contributed by atoms with van der Waals surface area (Å²) < 4.78 is 34.2. The maximum atomic E-state index is 12.8. The van der Waals surface area contributed by atoms with Crippen LogP contribution in [0.4, 0.5) is 0 Å². The Bertz CT molecular complexity index is 1680. The average Bonchev–Trinajstić information content (AvgIpc) is 3.41. The summed E-state index contributed by atoms with van der Waals surface area (Å²) in [4.78, 5) is 37.9. The van der Waals surface area contributed by atoms with E-state index in [1.807, 2.05) is 21.1 Å². The zero-order chi connectivity index (χ0) is 57.0. The Morgan fingerprint density at radius 2 is 0.731 bits per heavy atom. The maximum absolute atomic E-state index is 12.8. The predicted octanol–water partition coefficient (Wildman–Crippen LogP) is 19.5. The number of likely N-dealkylation sites (N-methyl/N-ethyl adjacent to an activating group) is 1. The summed E-state index contributed by atoms with van der Waals surface area (Å²) in [5.41, 5.74) is 0. The van der Waals surface area contributed by atoms with Crippen molar-refractivity contribution < 1.29 is 42.1 Å². The van der Waals surface area contributed by atoms with Crippen LogP contribution in [-0.4, -0.2) is 70.0 Å². The molecule has 0 heterocycles. The minimum absolute atomic E-state index is 0.0352. The molecule has 0 saturated carbocycles. The molecule has 0 rings (SSSR count). The third kappa shape index (κ3) is 61.9. The van der Waals surface area contributed by atoms with Gasteiger partial charge in [0.2, 0.25) is 0 Å². The van der Waals surface area contributed by atoms with Crippen molar-refractivity contribution in [3.63, 3.8) is 0 Å². The molecular weight excluding hydrogens is 990 g/mol. The van der Waals surface area contributed by atoms with Gasteiger partial charge < -0.3 is 27.9 Å². The largest absolute Gasteiger partial charge is 0.756 e. The summed E-state index contributed by atoms with van der Waals surface area (Å²) in [6.45, 7) is 4.13. The van der Waals surface area contributed by atoms with E-state index in [1.165, 1.54) is 122 Å². The summed E-state index contributed by atoms with van der Waals surface area (Å²) in [6, 6.07) is 0. The highest BCUT2D eigenvalue weighted by Gasteiger charge is 2.22. The van der Waals surface area contributed by atoms with Crippen molar-refractivity contribution in [1.29, 1.82) is 0 Å². The molecule has 0 aliphatic rings. The molecule has 0 aromatic carbocycles. The van der Waals surface area contributed by atoms with Gasteiger partial charge >= 0.3 is 11.9 Å². The normalized spacial score (nSPS) is 14.0. The molecule has 0 radical (unpaired) electrons. The van der Waals surface area contributed by atoms with Crippen molar-refractivity contribution in [3.8, 4) is 0 Å². The number of hydrogen-bond donors (Lipinski definition) is 0. The smallest absolute Gasteiger partial charge is 0.306 e. The van der Waals surface area contributed by atoms with Crippen LogP contribution < -0.4 is 4.89 Å². The molecule has 0 N–H and O–H groups in total. The quantitative estimate of drug-likeness (QED) is 0.0195. The molecule has 0 spiro atoms. The maximum Gasteiger partial charge on any atom is 0.306 e. The number of carbonyl (C=O) groups excluding carboxylic acids is 2. The Kier molecular flexibility index (Phi) is 55.8. The predicted molar refractivity (Wildman–Crippen MR) is 332 cm³/mol. The van der Waals surface area contributed by atoms with E-state index < -0.39 is 26.5 Å². The minimum Gasteiger partial charge on any atom is -0.756 e. The summed E-state index contributed by atoms with van der Waals surface area (Å²) in [5, 5.41) is 0. The van der Waals surface area contributed by atoms with Crippen LogP contribution in [-0.2, 0) is 32.7 Å². The van der Waals surface area contributed by atoms with Crippen LogP contribution in [0, 0.1) is 0 Å². The molecular formula is C68H118NO8P. The third-order valence-electron chi connectivity index (χ3n) is 13.3. The van der Waals surface area contributed by atoms with E-state index in [0.717, 1.165) is 103 Å². The lowest BCUT2D eigenvalue weighted by atomic mass is 10.0. The van der Waals surface area contributed by atoms with Crippen LogP contribution in [0.2, 0.25) is 0 Å². The Hall–Kier alpha value is -3.33. The summed E-state index contributed by atoms with van der Waals surface area (Å²) in [7, 11) is 1.16. The van der Waals surface area contributed by atoms with E-state index in [1.54, 1.807) is 0 Å². The lowest BCUT2D eigenvalue weighted by Crippen LogP contribution is -2.37. The van der Waals surface area contributed by atoms with E-state index in [2.05, 4.69) is 123 Å². The van der Waals surface area contributed by atoms with E-state index in [0.29, 0.717) is 17.4 Å². The van der Waals surface area contributed by atoms with Gasteiger partial charge in [-0.25, -0.2) is 0 Å². The molecule has 78 heavy (non-hydrogen) atoms. The number of phosphoric ester groups is 1.